The Labute approximate surface area is 106 Å². The van der Waals surface area contributed by atoms with Gasteiger partial charge in [-0.3, -0.25) is 4.79 Å². The molecule has 0 atom stereocenters. The Balaban J connectivity index is 1.91. The van der Waals surface area contributed by atoms with Gasteiger partial charge in [0.2, 0.25) is 0 Å². The van der Waals surface area contributed by atoms with E-state index in [1.807, 2.05) is 0 Å². The van der Waals surface area contributed by atoms with Crippen LogP contribution in [0.15, 0.2) is 12.4 Å². The molecule has 1 amide bonds. The maximum Gasteiger partial charge on any atom is 0.271 e. The molecule has 17 heavy (non-hydrogen) atoms. The Kier molecular flexibility index (Phi) is 3.62. The monoisotopic (exact) mass is 253 g/mol. The van der Waals surface area contributed by atoms with E-state index in [4.69, 9.17) is 11.6 Å². The smallest absolute Gasteiger partial charge is 0.271 e. The number of aromatic nitrogens is 2. The summed E-state index contributed by atoms with van der Waals surface area (Å²) in [5, 5.41) is 3.22. The van der Waals surface area contributed by atoms with Gasteiger partial charge in [-0.1, -0.05) is 24.9 Å². The van der Waals surface area contributed by atoms with Crippen molar-refractivity contribution in [1.82, 2.24) is 15.3 Å². The van der Waals surface area contributed by atoms with E-state index >= 15 is 0 Å². The lowest BCUT2D eigenvalue weighted by molar-refractivity contribution is 0.0845. The average molecular weight is 254 g/mol. The van der Waals surface area contributed by atoms with Gasteiger partial charge in [-0.05, 0) is 24.7 Å². The van der Waals surface area contributed by atoms with Crippen LogP contribution in [0.25, 0.3) is 0 Å². The summed E-state index contributed by atoms with van der Waals surface area (Å²) in [6.45, 7) is 2.90. The lowest BCUT2D eigenvalue weighted by Gasteiger charge is -2.41. The quantitative estimate of drug-likeness (QED) is 0.897. The van der Waals surface area contributed by atoms with Gasteiger partial charge in [0.15, 0.2) is 0 Å². The molecule has 1 aromatic rings. The molecule has 4 nitrogen and oxygen atoms in total. The summed E-state index contributed by atoms with van der Waals surface area (Å²) in [6.07, 6.45) is 7.57. The fourth-order valence-corrected chi connectivity index (χ4v) is 2.22. The summed E-state index contributed by atoms with van der Waals surface area (Å²) in [6, 6.07) is 0. The van der Waals surface area contributed by atoms with Gasteiger partial charge in [-0.2, -0.15) is 0 Å². The molecule has 0 aliphatic heterocycles. The molecule has 0 saturated heterocycles. The van der Waals surface area contributed by atoms with Crippen LogP contribution < -0.4 is 5.32 Å². The number of halogens is 1. The number of amides is 1. The maximum absolute atomic E-state index is 11.8. The van der Waals surface area contributed by atoms with Crippen molar-refractivity contribution < 1.29 is 4.79 Å². The number of carbonyl (C=O) groups excluding carboxylic acids is 1. The Hall–Kier alpha value is -1.16. The number of rotatable bonds is 4. The van der Waals surface area contributed by atoms with Crippen molar-refractivity contribution in [2.24, 2.45) is 5.41 Å². The number of hydrogen-bond donors (Lipinski definition) is 1. The van der Waals surface area contributed by atoms with Crippen LogP contribution in [-0.2, 0) is 0 Å². The zero-order chi connectivity index (χ0) is 12.3. The Morgan fingerprint density at radius 1 is 1.47 bits per heavy atom. The van der Waals surface area contributed by atoms with Crippen LogP contribution in [0.5, 0.6) is 0 Å². The van der Waals surface area contributed by atoms with Crippen LogP contribution in [0.4, 0.5) is 0 Å². The zero-order valence-corrected chi connectivity index (χ0v) is 10.6. The highest BCUT2D eigenvalue weighted by atomic mass is 35.5. The predicted octanol–water partition coefficient (Wildman–Crippen LogP) is 2.44. The van der Waals surface area contributed by atoms with Gasteiger partial charge >= 0.3 is 0 Å². The third-order valence-corrected chi connectivity index (χ3v) is 3.84. The molecule has 1 saturated carbocycles. The first-order valence-corrected chi connectivity index (χ1v) is 6.29. The summed E-state index contributed by atoms with van der Waals surface area (Å²) in [4.78, 5) is 19.6. The van der Waals surface area contributed by atoms with Gasteiger partial charge < -0.3 is 5.32 Å². The van der Waals surface area contributed by atoms with E-state index < -0.39 is 0 Å². The van der Waals surface area contributed by atoms with E-state index in [9.17, 15) is 4.79 Å². The van der Waals surface area contributed by atoms with Crippen LogP contribution in [-0.4, -0.2) is 22.4 Å². The van der Waals surface area contributed by atoms with Crippen molar-refractivity contribution in [2.75, 3.05) is 6.54 Å². The molecular weight excluding hydrogens is 238 g/mol. The number of hydrogen-bond acceptors (Lipinski definition) is 3. The molecular formula is C12H16ClN3O. The largest absolute Gasteiger partial charge is 0.350 e. The number of nitrogens with zero attached hydrogens (tertiary/aromatic N) is 2. The average Bonchev–Trinajstić information content (AvgIpc) is 2.29. The molecule has 1 aliphatic rings. The van der Waals surface area contributed by atoms with Gasteiger partial charge in [-0.25, -0.2) is 9.97 Å². The molecule has 5 heteroatoms. The second-order valence-corrected chi connectivity index (χ2v) is 5.00. The normalized spacial score (nSPS) is 17.3. The summed E-state index contributed by atoms with van der Waals surface area (Å²) < 4.78 is 0. The Bertz CT molecular complexity index is 395. The molecule has 0 spiro atoms. The van der Waals surface area contributed by atoms with E-state index in [2.05, 4.69) is 22.2 Å². The minimum Gasteiger partial charge on any atom is -0.350 e. The number of carbonyl (C=O) groups is 1. The molecule has 1 fully saturated rings. The third-order valence-electron chi connectivity index (χ3n) is 3.64. The highest BCUT2D eigenvalue weighted by molar-refractivity contribution is 6.29. The molecule has 1 N–H and O–H groups in total. The first kappa shape index (κ1) is 12.3. The molecule has 2 rings (SSSR count). The molecule has 1 heterocycles. The van der Waals surface area contributed by atoms with Crippen molar-refractivity contribution in [3.05, 3.63) is 23.2 Å². The van der Waals surface area contributed by atoms with Crippen molar-refractivity contribution >= 4 is 17.5 Å². The van der Waals surface area contributed by atoms with Gasteiger partial charge in [0.1, 0.15) is 10.8 Å². The molecule has 0 unspecified atom stereocenters. The lowest BCUT2D eigenvalue weighted by atomic mass is 9.67. The van der Waals surface area contributed by atoms with Crippen LogP contribution >= 0.6 is 11.6 Å². The predicted molar refractivity (Wildman–Crippen MR) is 66.0 cm³/mol. The zero-order valence-electron chi connectivity index (χ0n) is 9.87. The number of nitrogens with one attached hydrogen (secondary N) is 1. The van der Waals surface area contributed by atoms with Crippen LogP contribution in [0.3, 0.4) is 0 Å². The van der Waals surface area contributed by atoms with E-state index in [1.54, 1.807) is 0 Å². The highest BCUT2D eigenvalue weighted by Gasteiger charge is 2.35. The van der Waals surface area contributed by atoms with Crippen LogP contribution in [0.2, 0.25) is 5.15 Å². The fourth-order valence-electron chi connectivity index (χ4n) is 2.12. The second-order valence-electron chi connectivity index (χ2n) is 4.61. The summed E-state index contributed by atoms with van der Waals surface area (Å²) in [5.74, 6) is -0.172. The molecule has 1 aromatic heterocycles. The third kappa shape index (κ3) is 2.75. The minimum absolute atomic E-state index is 0.172. The van der Waals surface area contributed by atoms with Gasteiger partial charge in [-0.15, -0.1) is 0 Å². The second kappa shape index (κ2) is 5.00. The van der Waals surface area contributed by atoms with E-state index in [0.717, 1.165) is 13.0 Å². The van der Waals surface area contributed by atoms with Crippen molar-refractivity contribution in [1.29, 1.82) is 0 Å². The lowest BCUT2D eigenvalue weighted by Crippen LogP contribution is -2.41. The first-order valence-electron chi connectivity index (χ1n) is 5.91. The first-order chi connectivity index (χ1) is 8.15. The van der Waals surface area contributed by atoms with Gasteiger partial charge in [0, 0.05) is 6.54 Å². The topological polar surface area (TPSA) is 54.9 Å². The Morgan fingerprint density at radius 3 is 2.71 bits per heavy atom. The SMILES string of the molecule is CCC1(CNC(=O)c2cnc(Cl)cn2)CCC1. The minimum atomic E-state index is -0.172. The van der Waals surface area contributed by atoms with E-state index in [0.29, 0.717) is 16.3 Å². The summed E-state index contributed by atoms with van der Waals surface area (Å²) >= 11 is 5.61. The maximum atomic E-state index is 11.8. The van der Waals surface area contributed by atoms with Gasteiger partial charge in [0.25, 0.3) is 5.91 Å². The summed E-state index contributed by atoms with van der Waals surface area (Å²) in [5.41, 5.74) is 0.634. The van der Waals surface area contributed by atoms with Crippen LogP contribution in [0, 0.1) is 5.41 Å². The van der Waals surface area contributed by atoms with E-state index in [-0.39, 0.29) is 5.91 Å². The fraction of sp³-hybridized carbons (Fsp3) is 0.583. The van der Waals surface area contributed by atoms with E-state index in [1.165, 1.54) is 31.7 Å². The van der Waals surface area contributed by atoms with Crippen molar-refractivity contribution in [3.8, 4) is 0 Å². The van der Waals surface area contributed by atoms with Crippen molar-refractivity contribution in [3.63, 3.8) is 0 Å². The Morgan fingerprint density at radius 2 is 2.24 bits per heavy atom. The standard InChI is InChI=1S/C12H16ClN3O/c1-2-12(4-3-5-12)8-16-11(17)9-6-15-10(13)7-14-9/h6-7H,2-5,8H2,1H3,(H,16,17). The van der Waals surface area contributed by atoms with Crippen LogP contribution in [0.1, 0.15) is 43.1 Å². The molecule has 1 aliphatic carbocycles. The van der Waals surface area contributed by atoms with Gasteiger partial charge in [0.05, 0.1) is 12.4 Å². The highest BCUT2D eigenvalue weighted by Crippen LogP contribution is 2.43. The molecule has 0 bridgehead atoms. The summed E-state index contributed by atoms with van der Waals surface area (Å²) in [7, 11) is 0. The molecule has 0 aromatic carbocycles. The molecule has 92 valence electrons. The van der Waals surface area contributed by atoms with Crippen molar-refractivity contribution in [2.45, 2.75) is 32.6 Å². The molecule has 0 radical (unpaired) electrons.